The summed E-state index contributed by atoms with van der Waals surface area (Å²) in [5.41, 5.74) is 1.53. The normalized spacial score (nSPS) is 14.1. The van der Waals surface area contributed by atoms with Gasteiger partial charge in [0.05, 0.1) is 0 Å². The minimum absolute atomic E-state index is 0.0570. The van der Waals surface area contributed by atoms with E-state index in [1.54, 1.807) is 19.1 Å². The minimum atomic E-state index is -0.486. The highest BCUT2D eigenvalue weighted by Crippen LogP contribution is 2.29. The predicted molar refractivity (Wildman–Crippen MR) is 83.4 cm³/mol. The number of nitrogens with one attached hydrogen (secondary N) is 1. The van der Waals surface area contributed by atoms with E-state index in [1.165, 1.54) is 6.07 Å². The van der Waals surface area contributed by atoms with Gasteiger partial charge in [0, 0.05) is 35.6 Å². The fourth-order valence-electron chi connectivity index (χ4n) is 2.91. The molecule has 0 aliphatic carbocycles. The highest BCUT2D eigenvalue weighted by Gasteiger charge is 2.17. The molecular formula is C17H16FN3O. The number of hydrogen-bond acceptors (Lipinski definition) is 3. The fraction of sp³-hybridized carbons (Fsp3) is 0.294. The molecule has 0 unspecified atom stereocenters. The third-order valence-electron chi connectivity index (χ3n) is 3.99. The maximum Gasteiger partial charge on any atom is 0.266 e. The van der Waals surface area contributed by atoms with Crippen molar-refractivity contribution in [1.82, 2.24) is 4.98 Å². The number of aryl methyl sites for hydroxylation is 1. The van der Waals surface area contributed by atoms with E-state index in [-0.39, 0.29) is 11.1 Å². The summed E-state index contributed by atoms with van der Waals surface area (Å²) < 4.78 is 14.5. The van der Waals surface area contributed by atoms with Crippen molar-refractivity contribution >= 4 is 5.69 Å². The number of nitriles is 1. The molecule has 5 heteroatoms. The van der Waals surface area contributed by atoms with Crippen LogP contribution in [0.3, 0.4) is 0 Å². The molecule has 1 N–H and O–H groups in total. The molecule has 0 saturated carbocycles. The van der Waals surface area contributed by atoms with Gasteiger partial charge in [-0.25, -0.2) is 4.39 Å². The smallest absolute Gasteiger partial charge is 0.266 e. The van der Waals surface area contributed by atoms with Crippen LogP contribution < -0.4 is 10.5 Å². The molecule has 0 amide bonds. The number of aromatic amines is 1. The highest BCUT2D eigenvalue weighted by molar-refractivity contribution is 5.72. The number of anilines is 1. The summed E-state index contributed by atoms with van der Waals surface area (Å²) in [4.78, 5) is 16.6. The second-order valence-corrected chi connectivity index (χ2v) is 5.54. The van der Waals surface area contributed by atoms with Gasteiger partial charge in [0.1, 0.15) is 17.4 Å². The minimum Gasteiger partial charge on any atom is -0.371 e. The van der Waals surface area contributed by atoms with Gasteiger partial charge < -0.3 is 9.88 Å². The molecule has 1 aromatic carbocycles. The Labute approximate surface area is 127 Å². The second kappa shape index (κ2) is 5.64. The van der Waals surface area contributed by atoms with Gasteiger partial charge in [-0.2, -0.15) is 5.26 Å². The third-order valence-corrected chi connectivity index (χ3v) is 3.99. The summed E-state index contributed by atoms with van der Waals surface area (Å²) in [6.45, 7) is 3.58. The molecule has 1 fully saturated rings. The topological polar surface area (TPSA) is 59.9 Å². The zero-order valence-electron chi connectivity index (χ0n) is 12.3. The molecule has 1 saturated heterocycles. The molecule has 22 heavy (non-hydrogen) atoms. The monoisotopic (exact) mass is 297 g/mol. The van der Waals surface area contributed by atoms with Crippen LogP contribution in [0.5, 0.6) is 0 Å². The standard InChI is InChI=1S/C17H16FN3O/c1-11-8-14(15(10-19)17(22)20-11)13-5-4-12(9-16(13)18)21-6-2-3-7-21/h4-5,8-9H,2-3,6-7H2,1H3,(H,20,22). The van der Waals surface area contributed by atoms with E-state index in [1.807, 2.05) is 12.1 Å². The Morgan fingerprint density at radius 3 is 2.59 bits per heavy atom. The van der Waals surface area contributed by atoms with Crippen molar-refractivity contribution in [1.29, 1.82) is 5.26 Å². The van der Waals surface area contributed by atoms with Crippen molar-refractivity contribution in [3.05, 3.63) is 51.7 Å². The van der Waals surface area contributed by atoms with Crippen molar-refractivity contribution in [2.75, 3.05) is 18.0 Å². The van der Waals surface area contributed by atoms with Crippen LogP contribution in [0.25, 0.3) is 11.1 Å². The molecule has 1 aromatic heterocycles. The Morgan fingerprint density at radius 1 is 1.23 bits per heavy atom. The maximum atomic E-state index is 14.5. The first kappa shape index (κ1) is 14.3. The first-order chi connectivity index (χ1) is 10.6. The molecule has 4 nitrogen and oxygen atoms in total. The molecular weight excluding hydrogens is 281 g/mol. The average molecular weight is 297 g/mol. The zero-order valence-corrected chi connectivity index (χ0v) is 12.3. The number of rotatable bonds is 2. The number of nitrogens with zero attached hydrogens (tertiary/aromatic N) is 2. The molecule has 0 atom stereocenters. The molecule has 0 radical (unpaired) electrons. The number of H-pyrrole nitrogens is 1. The fourth-order valence-corrected chi connectivity index (χ4v) is 2.91. The Bertz CT molecular complexity index is 814. The molecule has 3 rings (SSSR count). The Kier molecular flexibility index (Phi) is 3.68. The number of aromatic nitrogens is 1. The lowest BCUT2D eigenvalue weighted by molar-refractivity contribution is 0.630. The summed E-state index contributed by atoms with van der Waals surface area (Å²) in [6.07, 6.45) is 2.24. The van der Waals surface area contributed by atoms with E-state index in [9.17, 15) is 9.18 Å². The summed E-state index contributed by atoms with van der Waals surface area (Å²) in [5.74, 6) is -0.411. The molecule has 1 aliphatic heterocycles. The largest absolute Gasteiger partial charge is 0.371 e. The number of halogens is 1. The third kappa shape index (κ3) is 2.48. The van der Waals surface area contributed by atoms with Gasteiger partial charge in [0.25, 0.3) is 5.56 Å². The van der Waals surface area contributed by atoms with E-state index in [2.05, 4.69) is 9.88 Å². The number of pyridine rings is 1. The van der Waals surface area contributed by atoms with Gasteiger partial charge in [0.2, 0.25) is 0 Å². The molecule has 112 valence electrons. The van der Waals surface area contributed by atoms with Gasteiger partial charge in [-0.15, -0.1) is 0 Å². The van der Waals surface area contributed by atoms with Crippen molar-refractivity contribution < 1.29 is 4.39 Å². The lowest BCUT2D eigenvalue weighted by Crippen LogP contribution is -2.17. The quantitative estimate of drug-likeness (QED) is 0.927. The van der Waals surface area contributed by atoms with Crippen LogP contribution >= 0.6 is 0 Å². The van der Waals surface area contributed by atoms with Gasteiger partial charge in [0.15, 0.2) is 0 Å². The summed E-state index contributed by atoms with van der Waals surface area (Å²) in [7, 11) is 0. The number of benzene rings is 1. The van der Waals surface area contributed by atoms with E-state index < -0.39 is 11.4 Å². The highest BCUT2D eigenvalue weighted by atomic mass is 19.1. The SMILES string of the molecule is Cc1cc(-c2ccc(N3CCCC3)cc2F)c(C#N)c(=O)[nH]1. The van der Waals surface area contributed by atoms with E-state index in [0.29, 0.717) is 11.3 Å². The predicted octanol–water partition coefficient (Wildman–Crippen LogP) is 2.96. The molecule has 1 aliphatic rings. The lowest BCUT2D eigenvalue weighted by Gasteiger charge is -2.18. The first-order valence-electron chi connectivity index (χ1n) is 7.29. The average Bonchev–Trinajstić information content (AvgIpc) is 3.00. The van der Waals surface area contributed by atoms with Gasteiger partial charge in [-0.3, -0.25) is 4.79 Å². The van der Waals surface area contributed by atoms with Gasteiger partial charge in [-0.1, -0.05) is 0 Å². The summed E-state index contributed by atoms with van der Waals surface area (Å²) in [5, 5.41) is 9.17. The van der Waals surface area contributed by atoms with Crippen molar-refractivity contribution in [2.45, 2.75) is 19.8 Å². The van der Waals surface area contributed by atoms with E-state index >= 15 is 0 Å². The van der Waals surface area contributed by atoms with Crippen molar-refractivity contribution in [3.8, 4) is 17.2 Å². The van der Waals surface area contributed by atoms with E-state index in [4.69, 9.17) is 5.26 Å². The van der Waals surface area contributed by atoms with Crippen LogP contribution in [0.2, 0.25) is 0 Å². The Balaban J connectivity index is 2.10. The molecule has 2 aromatic rings. The molecule has 2 heterocycles. The second-order valence-electron chi connectivity index (χ2n) is 5.54. The molecule has 0 bridgehead atoms. The van der Waals surface area contributed by atoms with Crippen LogP contribution in [-0.2, 0) is 0 Å². The first-order valence-corrected chi connectivity index (χ1v) is 7.29. The van der Waals surface area contributed by atoms with Crippen molar-refractivity contribution in [2.24, 2.45) is 0 Å². The zero-order chi connectivity index (χ0) is 15.7. The summed E-state index contributed by atoms with van der Waals surface area (Å²) in [6, 6.07) is 8.48. The summed E-state index contributed by atoms with van der Waals surface area (Å²) >= 11 is 0. The van der Waals surface area contributed by atoms with Crippen LogP contribution in [0.4, 0.5) is 10.1 Å². The Morgan fingerprint density at radius 2 is 1.95 bits per heavy atom. The number of hydrogen-bond donors (Lipinski definition) is 1. The lowest BCUT2D eigenvalue weighted by atomic mass is 10.00. The van der Waals surface area contributed by atoms with Crippen LogP contribution in [0.1, 0.15) is 24.1 Å². The van der Waals surface area contributed by atoms with Gasteiger partial charge >= 0.3 is 0 Å². The molecule has 0 spiro atoms. The van der Waals surface area contributed by atoms with Crippen molar-refractivity contribution in [3.63, 3.8) is 0 Å². The Hall–Kier alpha value is -2.61. The van der Waals surface area contributed by atoms with E-state index in [0.717, 1.165) is 31.6 Å². The van der Waals surface area contributed by atoms with Crippen LogP contribution in [-0.4, -0.2) is 18.1 Å². The van der Waals surface area contributed by atoms with Crippen LogP contribution in [0, 0.1) is 24.1 Å². The van der Waals surface area contributed by atoms with Gasteiger partial charge in [-0.05, 0) is 44.0 Å². The maximum absolute atomic E-state index is 14.5. The van der Waals surface area contributed by atoms with Crippen LogP contribution in [0.15, 0.2) is 29.1 Å².